The lowest BCUT2D eigenvalue weighted by molar-refractivity contribution is 0.0352. The van der Waals surface area contributed by atoms with Crippen molar-refractivity contribution in [1.82, 2.24) is 0 Å². The fourth-order valence-corrected chi connectivity index (χ4v) is 3.94. The third kappa shape index (κ3) is 19.8. The van der Waals surface area contributed by atoms with Crippen LogP contribution in [0.3, 0.4) is 0 Å². The Balaban J connectivity index is 1.69. The summed E-state index contributed by atoms with van der Waals surface area (Å²) in [4.78, 5) is 10.6. The van der Waals surface area contributed by atoms with E-state index >= 15 is 0 Å². The van der Waals surface area contributed by atoms with E-state index in [1.807, 2.05) is 0 Å². The lowest BCUT2D eigenvalue weighted by atomic mass is 10.0. The molecule has 0 aliphatic rings. The molecular weight excluding hydrogens is 412 g/mol. The molecule has 0 amide bonds. The summed E-state index contributed by atoms with van der Waals surface area (Å²) >= 11 is 0. The van der Waals surface area contributed by atoms with Gasteiger partial charge in [0.1, 0.15) is 18.6 Å². The number of rotatable bonds is 25. The van der Waals surface area contributed by atoms with Crippen LogP contribution in [0.1, 0.15) is 120 Å². The molecule has 0 aliphatic carbocycles. The lowest BCUT2D eigenvalue weighted by Crippen LogP contribution is -2.11. The summed E-state index contributed by atoms with van der Waals surface area (Å²) in [5.74, 6) is 0.754. The van der Waals surface area contributed by atoms with Gasteiger partial charge >= 0.3 is 0 Å². The van der Waals surface area contributed by atoms with E-state index in [0.717, 1.165) is 25.1 Å². The largest absolute Gasteiger partial charge is 0.491 e. The number of benzene rings is 1. The summed E-state index contributed by atoms with van der Waals surface area (Å²) in [5.41, 5.74) is 0.653. The minimum atomic E-state index is 0.500. The number of hydrogen-bond donors (Lipinski definition) is 0. The fraction of sp³-hybridized carbons (Fsp3) is 0.759. The normalized spacial score (nSPS) is 11.1. The van der Waals surface area contributed by atoms with E-state index in [1.165, 1.54) is 96.3 Å². The third-order valence-electron chi connectivity index (χ3n) is 6.03. The fourth-order valence-electron chi connectivity index (χ4n) is 3.94. The highest BCUT2D eigenvalue weighted by Crippen LogP contribution is 2.14. The number of carbonyl (C=O) groups excluding carboxylic acids is 1. The second kappa shape index (κ2) is 23.8. The number of ether oxygens (including phenoxy) is 3. The molecule has 0 spiro atoms. The molecule has 0 aliphatic heterocycles. The standard InChI is InChI=1S/C29H50O4/c1-2-3-4-5-6-7-8-9-10-11-12-13-14-15-16-17-22-31-23-24-32-25-26-33-29-20-18-28(27-30)19-21-29/h18-21,27H,2-17,22-26H2,1H3. The number of hydrogen-bond acceptors (Lipinski definition) is 4. The molecule has 0 N–H and O–H groups in total. The summed E-state index contributed by atoms with van der Waals surface area (Å²) in [6, 6.07) is 7.08. The van der Waals surface area contributed by atoms with Gasteiger partial charge in [0.2, 0.25) is 0 Å². The van der Waals surface area contributed by atoms with Gasteiger partial charge in [-0.05, 0) is 30.7 Å². The molecule has 190 valence electrons. The summed E-state index contributed by atoms with van der Waals surface area (Å²) in [6.07, 6.45) is 23.1. The third-order valence-corrected chi connectivity index (χ3v) is 6.03. The Morgan fingerprint density at radius 1 is 0.545 bits per heavy atom. The highest BCUT2D eigenvalue weighted by Gasteiger charge is 1.97. The second-order valence-electron chi connectivity index (χ2n) is 9.06. The average molecular weight is 463 g/mol. The van der Waals surface area contributed by atoms with Gasteiger partial charge in [0.15, 0.2) is 0 Å². The van der Waals surface area contributed by atoms with E-state index in [-0.39, 0.29) is 0 Å². The Labute approximate surface area is 203 Å². The van der Waals surface area contributed by atoms with Crippen molar-refractivity contribution in [3.8, 4) is 5.75 Å². The minimum Gasteiger partial charge on any atom is -0.491 e. The molecule has 0 fully saturated rings. The van der Waals surface area contributed by atoms with Crippen LogP contribution in [-0.2, 0) is 9.47 Å². The van der Waals surface area contributed by atoms with Crippen molar-refractivity contribution in [1.29, 1.82) is 0 Å². The maximum absolute atomic E-state index is 10.6. The topological polar surface area (TPSA) is 44.8 Å². The van der Waals surface area contributed by atoms with Crippen molar-refractivity contribution in [2.45, 2.75) is 110 Å². The first-order valence-corrected chi connectivity index (χ1v) is 13.7. The van der Waals surface area contributed by atoms with Crippen LogP contribution in [0, 0.1) is 0 Å². The van der Waals surface area contributed by atoms with E-state index in [4.69, 9.17) is 14.2 Å². The molecule has 0 aromatic heterocycles. The second-order valence-corrected chi connectivity index (χ2v) is 9.06. The van der Waals surface area contributed by atoms with Crippen LogP contribution < -0.4 is 4.74 Å². The van der Waals surface area contributed by atoms with Crippen LogP contribution in [0.2, 0.25) is 0 Å². The zero-order chi connectivity index (χ0) is 23.7. The Morgan fingerprint density at radius 3 is 1.45 bits per heavy atom. The van der Waals surface area contributed by atoms with Crippen molar-refractivity contribution in [3.05, 3.63) is 29.8 Å². The Kier molecular flexibility index (Phi) is 21.3. The smallest absolute Gasteiger partial charge is 0.150 e. The molecule has 0 atom stereocenters. The SMILES string of the molecule is CCCCCCCCCCCCCCCCCCOCCOCCOc1ccc(C=O)cc1. The van der Waals surface area contributed by atoms with Crippen molar-refractivity contribution in [3.63, 3.8) is 0 Å². The molecule has 0 heterocycles. The molecule has 1 aromatic rings. The van der Waals surface area contributed by atoms with E-state index < -0.39 is 0 Å². The molecule has 0 saturated heterocycles. The summed E-state index contributed by atoms with van der Waals surface area (Å²) in [7, 11) is 0. The number of carbonyl (C=O) groups is 1. The first kappa shape index (κ1) is 29.6. The van der Waals surface area contributed by atoms with Crippen molar-refractivity contribution in [2.24, 2.45) is 0 Å². The van der Waals surface area contributed by atoms with Gasteiger partial charge in [0.05, 0.1) is 19.8 Å². The molecule has 0 saturated carbocycles. The number of aldehydes is 1. The maximum Gasteiger partial charge on any atom is 0.150 e. The van der Waals surface area contributed by atoms with Gasteiger partial charge in [-0.25, -0.2) is 0 Å². The molecule has 1 rings (SSSR count). The molecule has 4 heteroatoms. The molecule has 0 bridgehead atoms. The van der Waals surface area contributed by atoms with Crippen molar-refractivity contribution in [2.75, 3.05) is 33.0 Å². The highest BCUT2D eigenvalue weighted by molar-refractivity contribution is 5.74. The number of unbranched alkanes of at least 4 members (excludes halogenated alkanes) is 15. The van der Waals surface area contributed by atoms with Gasteiger partial charge in [-0.2, -0.15) is 0 Å². The zero-order valence-corrected chi connectivity index (χ0v) is 21.4. The van der Waals surface area contributed by atoms with Crippen LogP contribution in [0.4, 0.5) is 0 Å². The van der Waals surface area contributed by atoms with Crippen LogP contribution in [0.5, 0.6) is 5.75 Å². The van der Waals surface area contributed by atoms with Gasteiger partial charge in [-0.3, -0.25) is 4.79 Å². The van der Waals surface area contributed by atoms with Gasteiger partial charge < -0.3 is 14.2 Å². The van der Waals surface area contributed by atoms with Gasteiger partial charge in [0, 0.05) is 12.2 Å². The first-order valence-electron chi connectivity index (χ1n) is 13.7. The van der Waals surface area contributed by atoms with Crippen molar-refractivity contribution < 1.29 is 19.0 Å². The van der Waals surface area contributed by atoms with Crippen LogP contribution in [0.15, 0.2) is 24.3 Å². The van der Waals surface area contributed by atoms with Gasteiger partial charge in [-0.15, -0.1) is 0 Å². The van der Waals surface area contributed by atoms with Crippen molar-refractivity contribution >= 4 is 6.29 Å². The molecule has 0 radical (unpaired) electrons. The Bertz CT molecular complexity index is 529. The molecule has 4 nitrogen and oxygen atoms in total. The predicted molar refractivity (Wildman–Crippen MR) is 139 cm³/mol. The predicted octanol–water partition coefficient (Wildman–Crippen LogP) is 8.17. The Morgan fingerprint density at radius 2 is 0.970 bits per heavy atom. The van der Waals surface area contributed by atoms with Crippen LogP contribution >= 0.6 is 0 Å². The Hall–Kier alpha value is -1.39. The van der Waals surface area contributed by atoms with E-state index in [1.54, 1.807) is 24.3 Å². The summed E-state index contributed by atoms with van der Waals surface area (Å²) in [6.45, 7) is 5.41. The van der Waals surface area contributed by atoms with E-state index in [2.05, 4.69) is 6.92 Å². The van der Waals surface area contributed by atoms with Crippen LogP contribution in [0.25, 0.3) is 0 Å². The summed E-state index contributed by atoms with van der Waals surface area (Å²) < 4.78 is 16.7. The highest BCUT2D eigenvalue weighted by atomic mass is 16.5. The minimum absolute atomic E-state index is 0.500. The summed E-state index contributed by atoms with van der Waals surface area (Å²) in [5, 5.41) is 0. The van der Waals surface area contributed by atoms with Crippen LogP contribution in [-0.4, -0.2) is 39.3 Å². The molecule has 0 unspecified atom stereocenters. The van der Waals surface area contributed by atoms with E-state index in [9.17, 15) is 4.79 Å². The first-order chi connectivity index (χ1) is 16.4. The zero-order valence-electron chi connectivity index (χ0n) is 21.4. The lowest BCUT2D eigenvalue weighted by Gasteiger charge is -2.08. The average Bonchev–Trinajstić information content (AvgIpc) is 2.85. The maximum atomic E-state index is 10.6. The van der Waals surface area contributed by atoms with Gasteiger partial charge in [0.25, 0.3) is 0 Å². The monoisotopic (exact) mass is 462 g/mol. The van der Waals surface area contributed by atoms with E-state index in [0.29, 0.717) is 32.0 Å². The molecular formula is C29H50O4. The van der Waals surface area contributed by atoms with Gasteiger partial charge in [-0.1, -0.05) is 103 Å². The molecule has 1 aromatic carbocycles. The quantitative estimate of drug-likeness (QED) is 0.109. The molecule has 33 heavy (non-hydrogen) atoms.